The van der Waals surface area contributed by atoms with Crippen molar-refractivity contribution in [3.8, 4) is 0 Å². The maximum atomic E-state index is 12.3. The molecule has 0 unspecified atom stereocenters. The summed E-state index contributed by atoms with van der Waals surface area (Å²) in [6.45, 7) is 2.78. The summed E-state index contributed by atoms with van der Waals surface area (Å²) in [7, 11) is 0. The molecule has 6 heteroatoms. The van der Waals surface area contributed by atoms with Crippen LogP contribution in [0.2, 0.25) is 0 Å². The number of carbonyl (C=O) groups is 2. The van der Waals surface area contributed by atoms with Crippen molar-refractivity contribution in [1.82, 2.24) is 9.88 Å². The topological polar surface area (TPSA) is 70.5 Å². The van der Waals surface area contributed by atoms with E-state index in [9.17, 15) is 14.7 Å². The Morgan fingerprint density at radius 1 is 1.42 bits per heavy atom. The molecular weight excluding hydrogens is 264 g/mol. The number of nitrogens with zero attached hydrogens (tertiary/aromatic N) is 2. The summed E-state index contributed by atoms with van der Waals surface area (Å²) in [6, 6.07) is 0. The summed E-state index contributed by atoms with van der Waals surface area (Å²) in [5, 5.41) is 10.1. The van der Waals surface area contributed by atoms with Crippen LogP contribution in [-0.2, 0) is 4.79 Å². The molecule has 1 saturated carbocycles. The van der Waals surface area contributed by atoms with Gasteiger partial charge in [-0.1, -0.05) is 0 Å². The van der Waals surface area contributed by atoms with Crippen molar-refractivity contribution < 1.29 is 14.7 Å². The van der Waals surface area contributed by atoms with Gasteiger partial charge in [0.1, 0.15) is 4.88 Å². The third kappa shape index (κ3) is 2.36. The van der Waals surface area contributed by atoms with Gasteiger partial charge in [-0.25, -0.2) is 4.98 Å². The Morgan fingerprint density at radius 2 is 2.16 bits per heavy atom. The second kappa shape index (κ2) is 4.59. The molecule has 1 aliphatic heterocycles. The quantitative estimate of drug-likeness (QED) is 0.913. The highest BCUT2D eigenvalue weighted by Crippen LogP contribution is 2.44. The maximum absolute atomic E-state index is 12.3. The minimum absolute atomic E-state index is 0.0694. The molecule has 1 aliphatic carbocycles. The molecule has 102 valence electrons. The minimum Gasteiger partial charge on any atom is -0.481 e. The van der Waals surface area contributed by atoms with Gasteiger partial charge < -0.3 is 10.0 Å². The lowest BCUT2D eigenvalue weighted by Gasteiger charge is -2.14. The predicted molar refractivity (Wildman–Crippen MR) is 70.1 cm³/mol. The number of aryl methyl sites for hydroxylation is 1. The summed E-state index contributed by atoms with van der Waals surface area (Å²) < 4.78 is 0. The molecule has 0 spiro atoms. The first-order valence-corrected chi connectivity index (χ1v) is 7.32. The Hall–Kier alpha value is -1.43. The predicted octanol–water partition coefficient (Wildman–Crippen LogP) is 1.63. The van der Waals surface area contributed by atoms with Crippen molar-refractivity contribution in [3.05, 3.63) is 16.1 Å². The van der Waals surface area contributed by atoms with Crippen LogP contribution < -0.4 is 0 Å². The standard InChI is InChI=1S/C13H16N2O3S/c1-7-14-4-11(19-7)12(16)15-5-9(8-2-3-8)10(6-15)13(17)18/h4,8-10H,2-3,5-6H2,1H3,(H,17,18)/t9-,10+/m0/s1. The van der Waals surface area contributed by atoms with E-state index < -0.39 is 11.9 Å². The van der Waals surface area contributed by atoms with Crippen LogP contribution in [0.15, 0.2) is 6.20 Å². The van der Waals surface area contributed by atoms with E-state index in [1.54, 1.807) is 11.1 Å². The van der Waals surface area contributed by atoms with Crippen molar-refractivity contribution in [2.45, 2.75) is 19.8 Å². The van der Waals surface area contributed by atoms with E-state index in [0.717, 1.165) is 17.8 Å². The lowest BCUT2D eigenvalue weighted by molar-refractivity contribution is -0.142. The fraction of sp³-hybridized carbons (Fsp3) is 0.615. The van der Waals surface area contributed by atoms with Gasteiger partial charge in [0.15, 0.2) is 0 Å². The Morgan fingerprint density at radius 3 is 2.68 bits per heavy atom. The van der Waals surface area contributed by atoms with E-state index in [2.05, 4.69) is 4.98 Å². The molecule has 1 aromatic rings. The van der Waals surface area contributed by atoms with Gasteiger partial charge in [-0.3, -0.25) is 9.59 Å². The van der Waals surface area contributed by atoms with Crippen LogP contribution in [0.5, 0.6) is 0 Å². The van der Waals surface area contributed by atoms with Gasteiger partial charge in [0, 0.05) is 13.1 Å². The van der Waals surface area contributed by atoms with Crippen molar-refractivity contribution in [1.29, 1.82) is 0 Å². The highest BCUT2D eigenvalue weighted by Gasteiger charge is 2.47. The fourth-order valence-electron chi connectivity index (χ4n) is 2.87. The van der Waals surface area contributed by atoms with E-state index in [1.165, 1.54) is 11.3 Å². The number of hydrogen-bond acceptors (Lipinski definition) is 4. The number of hydrogen-bond donors (Lipinski definition) is 1. The zero-order valence-corrected chi connectivity index (χ0v) is 11.5. The number of carboxylic acid groups (broad SMARTS) is 1. The van der Waals surface area contributed by atoms with Gasteiger partial charge in [0.2, 0.25) is 0 Å². The number of likely N-dealkylation sites (tertiary alicyclic amines) is 1. The van der Waals surface area contributed by atoms with Crippen molar-refractivity contribution in [3.63, 3.8) is 0 Å². The average Bonchev–Trinajstić information content (AvgIpc) is 2.96. The van der Waals surface area contributed by atoms with Gasteiger partial charge in [0.25, 0.3) is 5.91 Å². The van der Waals surface area contributed by atoms with E-state index in [1.807, 2.05) is 6.92 Å². The number of amides is 1. The molecule has 2 fully saturated rings. The second-order valence-corrected chi connectivity index (χ2v) is 6.63. The van der Waals surface area contributed by atoms with E-state index in [0.29, 0.717) is 23.9 Å². The maximum Gasteiger partial charge on any atom is 0.308 e. The molecular formula is C13H16N2O3S. The zero-order valence-electron chi connectivity index (χ0n) is 10.7. The van der Waals surface area contributed by atoms with Gasteiger partial charge in [-0.05, 0) is 31.6 Å². The first kappa shape index (κ1) is 12.6. The first-order valence-electron chi connectivity index (χ1n) is 6.50. The normalized spacial score (nSPS) is 26.7. The van der Waals surface area contributed by atoms with Crippen LogP contribution in [0.25, 0.3) is 0 Å². The van der Waals surface area contributed by atoms with Crippen LogP contribution in [0.3, 0.4) is 0 Å². The minimum atomic E-state index is -0.771. The van der Waals surface area contributed by atoms with Crippen LogP contribution in [0.4, 0.5) is 0 Å². The third-order valence-electron chi connectivity index (χ3n) is 4.03. The van der Waals surface area contributed by atoms with E-state index in [4.69, 9.17) is 0 Å². The lowest BCUT2D eigenvalue weighted by atomic mass is 9.92. The van der Waals surface area contributed by atoms with E-state index >= 15 is 0 Å². The van der Waals surface area contributed by atoms with Gasteiger partial charge in [0.05, 0.1) is 17.1 Å². The summed E-state index contributed by atoms with van der Waals surface area (Å²) >= 11 is 1.37. The molecule has 1 N–H and O–H groups in total. The molecule has 0 bridgehead atoms. The third-order valence-corrected chi connectivity index (χ3v) is 4.93. The molecule has 2 heterocycles. The molecule has 2 aliphatic rings. The molecule has 2 atom stereocenters. The zero-order chi connectivity index (χ0) is 13.6. The summed E-state index contributed by atoms with van der Waals surface area (Å²) in [5.74, 6) is -0.601. The average molecular weight is 280 g/mol. The molecule has 5 nitrogen and oxygen atoms in total. The molecule has 1 aromatic heterocycles. The van der Waals surface area contributed by atoms with E-state index in [-0.39, 0.29) is 11.8 Å². The van der Waals surface area contributed by atoms with Crippen LogP contribution >= 0.6 is 11.3 Å². The highest BCUT2D eigenvalue weighted by atomic mass is 32.1. The molecule has 0 aromatic carbocycles. The first-order chi connectivity index (χ1) is 9.06. The van der Waals surface area contributed by atoms with Crippen LogP contribution in [0.1, 0.15) is 27.5 Å². The summed E-state index contributed by atoms with van der Waals surface area (Å²) in [4.78, 5) is 30.0. The van der Waals surface area contributed by atoms with Gasteiger partial charge >= 0.3 is 5.97 Å². The molecule has 1 amide bonds. The SMILES string of the molecule is Cc1ncc(C(=O)N2C[C@@H](C(=O)O)[C@H](C3CC3)C2)s1. The Labute approximate surface area is 115 Å². The number of carboxylic acids is 1. The molecule has 0 radical (unpaired) electrons. The van der Waals surface area contributed by atoms with Crippen LogP contribution in [-0.4, -0.2) is 40.0 Å². The summed E-state index contributed by atoms with van der Waals surface area (Å²) in [6.07, 6.45) is 3.80. The summed E-state index contributed by atoms with van der Waals surface area (Å²) in [5.41, 5.74) is 0. The Kier molecular flexibility index (Phi) is 3.05. The molecule has 1 saturated heterocycles. The molecule has 19 heavy (non-hydrogen) atoms. The number of rotatable bonds is 3. The number of carbonyl (C=O) groups excluding carboxylic acids is 1. The monoisotopic (exact) mass is 280 g/mol. The number of aromatic nitrogens is 1. The lowest BCUT2D eigenvalue weighted by Crippen LogP contribution is -2.29. The van der Waals surface area contributed by atoms with Crippen molar-refractivity contribution in [2.75, 3.05) is 13.1 Å². The Balaban J connectivity index is 1.75. The number of thiazole rings is 1. The second-order valence-electron chi connectivity index (χ2n) is 5.40. The Bertz CT molecular complexity index is 524. The highest BCUT2D eigenvalue weighted by molar-refractivity contribution is 7.13. The van der Waals surface area contributed by atoms with Crippen molar-refractivity contribution >= 4 is 23.2 Å². The fourth-order valence-corrected chi connectivity index (χ4v) is 3.62. The van der Waals surface area contributed by atoms with Gasteiger partial charge in [-0.2, -0.15) is 0 Å². The molecule has 3 rings (SSSR count). The van der Waals surface area contributed by atoms with Crippen LogP contribution in [0, 0.1) is 24.7 Å². The largest absolute Gasteiger partial charge is 0.481 e. The number of aliphatic carboxylic acids is 1. The van der Waals surface area contributed by atoms with Gasteiger partial charge in [-0.15, -0.1) is 11.3 Å². The van der Waals surface area contributed by atoms with Crippen molar-refractivity contribution in [2.24, 2.45) is 17.8 Å². The smallest absolute Gasteiger partial charge is 0.308 e.